The minimum Gasteiger partial charge on any atom is -0.329 e. The molecule has 2 N–H and O–H groups in total. The van der Waals surface area contributed by atoms with Crippen molar-refractivity contribution in [2.45, 2.75) is 19.1 Å². The van der Waals surface area contributed by atoms with Crippen LogP contribution in [0.4, 0.5) is 0 Å². The second-order valence-electron chi connectivity index (χ2n) is 4.97. The van der Waals surface area contributed by atoms with Crippen LogP contribution in [0, 0.1) is 0 Å². The number of rotatable bonds is 3. The highest BCUT2D eigenvalue weighted by atomic mass is 35.5. The van der Waals surface area contributed by atoms with Gasteiger partial charge in [0.1, 0.15) is 0 Å². The SMILES string of the molecule is NCC1c2cc(Cl)cc(Cl)c2CN1Cc1ccncc1. The van der Waals surface area contributed by atoms with Crippen LogP contribution in [0.3, 0.4) is 0 Å². The number of hydrogen-bond donors (Lipinski definition) is 1. The highest BCUT2D eigenvalue weighted by Gasteiger charge is 2.31. The fourth-order valence-electron chi connectivity index (χ4n) is 2.76. The van der Waals surface area contributed by atoms with Crippen molar-refractivity contribution in [3.63, 3.8) is 0 Å². The Morgan fingerprint density at radius 3 is 2.70 bits per heavy atom. The normalized spacial score (nSPS) is 18.2. The molecule has 0 bridgehead atoms. The van der Waals surface area contributed by atoms with Crippen LogP contribution in [0.15, 0.2) is 36.7 Å². The quantitative estimate of drug-likeness (QED) is 0.945. The van der Waals surface area contributed by atoms with E-state index in [0.717, 1.165) is 29.2 Å². The second-order valence-corrected chi connectivity index (χ2v) is 5.81. The highest BCUT2D eigenvalue weighted by molar-refractivity contribution is 6.35. The predicted octanol–water partition coefficient (Wildman–Crippen LogP) is 3.40. The Labute approximate surface area is 128 Å². The maximum atomic E-state index is 6.30. The molecule has 1 atom stereocenters. The van der Waals surface area contributed by atoms with Gasteiger partial charge in [0.25, 0.3) is 0 Å². The smallest absolute Gasteiger partial charge is 0.0481 e. The number of fused-ring (bicyclic) bond motifs is 1. The summed E-state index contributed by atoms with van der Waals surface area (Å²) in [5.41, 5.74) is 9.46. The Morgan fingerprint density at radius 1 is 1.25 bits per heavy atom. The molecule has 1 aliphatic heterocycles. The maximum absolute atomic E-state index is 6.30. The molecule has 0 radical (unpaired) electrons. The Kier molecular flexibility index (Phi) is 3.94. The first kappa shape index (κ1) is 13.8. The van der Waals surface area contributed by atoms with Gasteiger partial charge >= 0.3 is 0 Å². The van der Waals surface area contributed by atoms with Crippen LogP contribution in [-0.2, 0) is 13.1 Å². The number of halogens is 2. The van der Waals surface area contributed by atoms with Gasteiger partial charge in [-0.15, -0.1) is 0 Å². The van der Waals surface area contributed by atoms with E-state index in [1.165, 1.54) is 5.56 Å². The van der Waals surface area contributed by atoms with Gasteiger partial charge in [-0.1, -0.05) is 23.2 Å². The van der Waals surface area contributed by atoms with E-state index in [4.69, 9.17) is 28.9 Å². The summed E-state index contributed by atoms with van der Waals surface area (Å²) in [5, 5.41) is 1.39. The lowest BCUT2D eigenvalue weighted by Crippen LogP contribution is -2.27. The molecule has 1 aromatic carbocycles. The van der Waals surface area contributed by atoms with E-state index in [1.54, 1.807) is 18.5 Å². The molecule has 1 aromatic heterocycles. The number of pyridine rings is 1. The standard InChI is InChI=1S/C15H15Cl2N3/c16-11-5-12-13(14(17)6-11)9-20(15(12)7-18)8-10-1-3-19-4-2-10/h1-6,15H,7-9,18H2. The summed E-state index contributed by atoms with van der Waals surface area (Å²) in [6.07, 6.45) is 3.61. The zero-order chi connectivity index (χ0) is 14.1. The number of nitrogens with zero attached hydrogens (tertiary/aromatic N) is 2. The highest BCUT2D eigenvalue weighted by Crippen LogP contribution is 2.39. The molecular weight excluding hydrogens is 293 g/mol. The number of nitrogens with two attached hydrogens (primary N) is 1. The van der Waals surface area contributed by atoms with Gasteiger partial charge < -0.3 is 5.73 Å². The summed E-state index contributed by atoms with van der Waals surface area (Å²) in [7, 11) is 0. The van der Waals surface area contributed by atoms with E-state index >= 15 is 0 Å². The van der Waals surface area contributed by atoms with Crippen molar-refractivity contribution in [1.29, 1.82) is 0 Å². The summed E-state index contributed by atoms with van der Waals surface area (Å²) in [4.78, 5) is 6.36. The summed E-state index contributed by atoms with van der Waals surface area (Å²) < 4.78 is 0. The Morgan fingerprint density at radius 2 is 2.00 bits per heavy atom. The van der Waals surface area contributed by atoms with Crippen LogP contribution in [0.25, 0.3) is 0 Å². The van der Waals surface area contributed by atoms with Gasteiger partial charge in [0.15, 0.2) is 0 Å². The van der Waals surface area contributed by atoms with Crippen molar-refractivity contribution >= 4 is 23.2 Å². The van der Waals surface area contributed by atoms with Gasteiger partial charge in [-0.2, -0.15) is 0 Å². The van der Waals surface area contributed by atoms with Gasteiger partial charge in [-0.05, 0) is 41.0 Å². The first-order chi connectivity index (χ1) is 9.69. The van der Waals surface area contributed by atoms with Crippen LogP contribution in [-0.4, -0.2) is 16.4 Å². The molecule has 0 fully saturated rings. The van der Waals surface area contributed by atoms with Crippen LogP contribution in [0.5, 0.6) is 0 Å². The van der Waals surface area contributed by atoms with Crippen LogP contribution < -0.4 is 5.73 Å². The monoisotopic (exact) mass is 307 g/mol. The zero-order valence-corrected chi connectivity index (χ0v) is 12.4. The molecule has 20 heavy (non-hydrogen) atoms. The summed E-state index contributed by atoms with van der Waals surface area (Å²) in [5.74, 6) is 0. The van der Waals surface area contributed by atoms with Crippen molar-refractivity contribution in [3.8, 4) is 0 Å². The molecule has 1 unspecified atom stereocenters. The molecule has 3 rings (SSSR count). The minimum atomic E-state index is 0.161. The van der Waals surface area contributed by atoms with Gasteiger partial charge in [0, 0.05) is 48.1 Å². The number of hydrogen-bond acceptors (Lipinski definition) is 3. The molecule has 0 amide bonds. The fraction of sp³-hybridized carbons (Fsp3) is 0.267. The van der Waals surface area contributed by atoms with Gasteiger partial charge in [-0.3, -0.25) is 9.88 Å². The molecule has 2 heterocycles. The third-order valence-corrected chi connectivity index (χ3v) is 4.27. The van der Waals surface area contributed by atoms with Crippen molar-refractivity contribution < 1.29 is 0 Å². The minimum absolute atomic E-state index is 0.161. The topological polar surface area (TPSA) is 42.1 Å². The third-order valence-electron chi connectivity index (χ3n) is 3.71. The van der Waals surface area contributed by atoms with Crippen LogP contribution in [0.1, 0.15) is 22.7 Å². The Balaban J connectivity index is 1.91. The van der Waals surface area contributed by atoms with Gasteiger partial charge in [-0.25, -0.2) is 0 Å². The molecule has 3 nitrogen and oxygen atoms in total. The molecule has 0 aliphatic carbocycles. The van der Waals surface area contributed by atoms with Crippen molar-refractivity contribution in [2.24, 2.45) is 5.73 Å². The van der Waals surface area contributed by atoms with E-state index in [9.17, 15) is 0 Å². The number of aromatic nitrogens is 1. The van der Waals surface area contributed by atoms with E-state index in [-0.39, 0.29) is 6.04 Å². The Bertz CT molecular complexity index is 616. The largest absolute Gasteiger partial charge is 0.329 e. The zero-order valence-electron chi connectivity index (χ0n) is 10.9. The van der Waals surface area contributed by atoms with Gasteiger partial charge in [0.05, 0.1) is 0 Å². The van der Waals surface area contributed by atoms with Crippen molar-refractivity contribution in [2.75, 3.05) is 6.54 Å². The average molecular weight is 308 g/mol. The van der Waals surface area contributed by atoms with E-state index in [0.29, 0.717) is 11.6 Å². The summed E-state index contributed by atoms with van der Waals surface area (Å²) in [6.45, 7) is 2.18. The third kappa shape index (κ3) is 2.54. The van der Waals surface area contributed by atoms with Gasteiger partial charge in [0.2, 0.25) is 0 Å². The first-order valence-electron chi connectivity index (χ1n) is 6.50. The lowest BCUT2D eigenvalue weighted by Gasteiger charge is -2.23. The Hall–Kier alpha value is -1.13. The van der Waals surface area contributed by atoms with E-state index in [2.05, 4.69) is 9.88 Å². The summed E-state index contributed by atoms with van der Waals surface area (Å²) in [6, 6.07) is 7.98. The molecule has 0 spiro atoms. The van der Waals surface area contributed by atoms with Crippen LogP contribution >= 0.6 is 23.2 Å². The molecule has 104 valence electrons. The predicted molar refractivity (Wildman–Crippen MR) is 81.7 cm³/mol. The van der Waals surface area contributed by atoms with Crippen LogP contribution in [0.2, 0.25) is 10.0 Å². The molecule has 1 aliphatic rings. The molecule has 2 aromatic rings. The maximum Gasteiger partial charge on any atom is 0.0481 e. The second kappa shape index (κ2) is 5.70. The first-order valence-corrected chi connectivity index (χ1v) is 7.25. The van der Waals surface area contributed by atoms with E-state index < -0.39 is 0 Å². The molecule has 0 saturated heterocycles. The van der Waals surface area contributed by atoms with E-state index in [1.807, 2.05) is 18.2 Å². The molecule has 5 heteroatoms. The number of benzene rings is 1. The molecular formula is C15H15Cl2N3. The summed E-state index contributed by atoms with van der Waals surface area (Å²) >= 11 is 12.4. The fourth-order valence-corrected chi connectivity index (χ4v) is 3.33. The molecule has 0 saturated carbocycles. The van der Waals surface area contributed by atoms with Crippen molar-refractivity contribution in [3.05, 3.63) is 63.4 Å². The average Bonchev–Trinajstić information content (AvgIpc) is 2.77. The lowest BCUT2D eigenvalue weighted by molar-refractivity contribution is 0.211. The lowest BCUT2D eigenvalue weighted by atomic mass is 10.0. The van der Waals surface area contributed by atoms with Crippen molar-refractivity contribution in [1.82, 2.24) is 9.88 Å².